The number of nitrogens with one attached hydrogen (secondary N) is 1. The number of hydrazine groups is 1. The van der Waals surface area contributed by atoms with Crippen molar-refractivity contribution in [1.82, 2.24) is 5.43 Å². The van der Waals surface area contributed by atoms with Crippen LogP contribution in [0.4, 0.5) is 5.69 Å². The summed E-state index contributed by atoms with van der Waals surface area (Å²) in [5, 5.41) is 1.55. The summed E-state index contributed by atoms with van der Waals surface area (Å²) in [5.74, 6) is -0.148. The number of unbranched alkanes of at least 4 members (excludes halogenated alkanes) is 1. The number of alkyl halides is 1. The largest absolute Gasteiger partial charge is 0.272 e. The Kier molecular flexibility index (Phi) is 6.01. The van der Waals surface area contributed by atoms with Crippen LogP contribution in [0.2, 0.25) is 0 Å². The van der Waals surface area contributed by atoms with Gasteiger partial charge in [-0.1, -0.05) is 31.5 Å². The number of hydrogen-bond acceptors (Lipinski definition) is 2. The molecular formula is C13H19ClN2O. The predicted octanol–water partition coefficient (Wildman–Crippen LogP) is 2.87. The maximum Gasteiger partial charge on any atom is 0.256 e. The van der Waals surface area contributed by atoms with Crippen LogP contribution in [-0.4, -0.2) is 18.3 Å². The minimum absolute atomic E-state index is 0.0204. The summed E-state index contributed by atoms with van der Waals surface area (Å²) < 4.78 is 0. The first-order valence-corrected chi connectivity index (χ1v) is 6.42. The van der Waals surface area contributed by atoms with Crippen LogP contribution < -0.4 is 10.4 Å². The lowest BCUT2D eigenvalue weighted by atomic mass is 10.2. The molecule has 0 saturated heterocycles. The maximum atomic E-state index is 11.8. The van der Waals surface area contributed by atoms with Gasteiger partial charge in [0.15, 0.2) is 0 Å². The van der Waals surface area contributed by atoms with Gasteiger partial charge in [0.1, 0.15) is 5.88 Å². The summed E-state index contributed by atoms with van der Waals surface area (Å²) in [6.07, 6.45) is 2.11. The quantitative estimate of drug-likeness (QED) is 0.481. The Hall–Kier alpha value is -1.06. The molecule has 1 rings (SSSR count). The molecule has 17 heavy (non-hydrogen) atoms. The molecular weight excluding hydrogens is 236 g/mol. The highest BCUT2D eigenvalue weighted by Gasteiger charge is 2.15. The molecule has 4 heteroatoms. The summed E-state index contributed by atoms with van der Waals surface area (Å²) in [6.45, 7) is 4.86. The maximum absolute atomic E-state index is 11.8. The highest BCUT2D eigenvalue weighted by atomic mass is 35.5. The Morgan fingerprint density at radius 3 is 2.71 bits per heavy atom. The van der Waals surface area contributed by atoms with Crippen molar-refractivity contribution < 1.29 is 4.79 Å². The number of carbonyl (C=O) groups excluding carboxylic acids is 1. The van der Waals surface area contributed by atoms with Gasteiger partial charge in [-0.15, -0.1) is 11.6 Å². The second-order valence-electron chi connectivity index (χ2n) is 3.91. The van der Waals surface area contributed by atoms with Crippen molar-refractivity contribution >= 4 is 23.2 Å². The van der Waals surface area contributed by atoms with E-state index >= 15 is 0 Å². The Morgan fingerprint density at radius 2 is 2.12 bits per heavy atom. The van der Waals surface area contributed by atoms with Gasteiger partial charge in [0, 0.05) is 6.54 Å². The Morgan fingerprint density at radius 1 is 1.41 bits per heavy atom. The minimum atomic E-state index is -0.128. The summed E-state index contributed by atoms with van der Waals surface area (Å²) >= 11 is 5.63. The van der Waals surface area contributed by atoms with Gasteiger partial charge in [-0.05, 0) is 25.0 Å². The molecule has 0 unspecified atom stereocenters. The van der Waals surface area contributed by atoms with Crippen molar-refractivity contribution in [1.29, 1.82) is 0 Å². The molecule has 0 saturated carbocycles. The van der Waals surface area contributed by atoms with E-state index in [0.717, 1.165) is 30.6 Å². The molecule has 0 aromatic heterocycles. The van der Waals surface area contributed by atoms with Crippen LogP contribution in [0.1, 0.15) is 25.3 Å². The van der Waals surface area contributed by atoms with Crippen molar-refractivity contribution in [3.8, 4) is 0 Å². The van der Waals surface area contributed by atoms with Gasteiger partial charge in [0.25, 0.3) is 5.91 Å². The molecule has 1 N–H and O–H groups in total. The SMILES string of the molecule is CCCCNN(C(=O)CCl)c1ccccc1C. The van der Waals surface area contributed by atoms with Gasteiger partial charge in [-0.25, -0.2) is 10.4 Å². The molecule has 3 nitrogen and oxygen atoms in total. The van der Waals surface area contributed by atoms with Gasteiger partial charge in [0.2, 0.25) is 0 Å². The molecule has 1 aromatic rings. The lowest BCUT2D eigenvalue weighted by Gasteiger charge is -2.24. The Bertz CT molecular complexity index is 368. The lowest BCUT2D eigenvalue weighted by Crippen LogP contribution is -2.44. The summed E-state index contributed by atoms with van der Waals surface area (Å²) in [7, 11) is 0. The normalized spacial score (nSPS) is 10.3. The molecule has 1 amide bonds. The number of nitrogens with zero attached hydrogens (tertiary/aromatic N) is 1. The molecule has 0 atom stereocenters. The highest BCUT2D eigenvalue weighted by Crippen LogP contribution is 2.18. The van der Waals surface area contributed by atoms with E-state index in [-0.39, 0.29) is 11.8 Å². The zero-order valence-electron chi connectivity index (χ0n) is 10.4. The van der Waals surface area contributed by atoms with Gasteiger partial charge in [-0.2, -0.15) is 0 Å². The van der Waals surface area contributed by atoms with E-state index in [1.54, 1.807) is 5.01 Å². The van der Waals surface area contributed by atoms with Crippen LogP contribution in [0.25, 0.3) is 0 Å². The third-order valence-corrected chi connectivity index (χ3v) is 2.75. The van der Waals surface area contributed by atoms with Crippen LogP contribution in [0, 0.1) is 6.92 Å². The molecule has 0 fully saturated rings. The van der Waals surface area contributed by atoms with Crippen molar-refractivity contribution in [2.45, 2.75) is 26.7 Å². The summed E-state index contributed by atoms with van der Waals surface area (Å²) in [5.41, 5.74) is 5.05. The third-order valence-electron chi connectivity index (χ3n) is 2.52. The monoisotopic (exact) mass is 254 g/mol. The molecule has 0 aliphatic carbocycles. The van der Waals surface area contributed by atoms with Gasteiger partial charge >= 0.3 is 0 Å². The smallest absolute Gasteiger partial charge is 0.256 e. The molecule has 0 heterocycles. The predicted molar refractivity (Wildman–Crippen MR) is 72.3 cm³/mol. The first-order chi connectivity index (χ1) is 8.20. The number of halogens is 1. The van der Waals surface area contributed by atoms with E-state index < -0.39 is 0 Å². The van der Waals surface area contributed by atoms with Crippen molar-refractivity contribution in [2.75, 3.05) is 17.4 Å². The van der Waals surface area contributed by atoms with Crippen LogP contribution >= 0.6 is 11.6 Å². The fourth-order valence-electron chi connectivity index (χ4n) is 1.55. The number of aryl methyl sites for hydroxylation is 1. The van der Waals surface area contributed by atoms with E-state index in [1.807, 2.05) is 31.2 Å². The van der Waals surface area contributed by atoms with E-state index in [0.29, 0.717) is 0 Å². The third kappa shape index (κ3) is 4.02. The highest BCUT2D eigenvalue weighted by molar-refractivity contribution is 6.29. The standard InChI is InChI=1S/C13H19ClN2O/c1-3-4-9-15-16(13(17)10-14)12-8-6-5-7-11(12)2/h5-8,15H,3-4,9-10H2,1-2H3. The van der Waals surface area contributed by atoms with Crippen molar-refractivity contribution in [3.05, 3.63) is 29.8 Å². The summed E-state index contributed by atoms with van der Waals surface area (Å²) in [4.78, 5) is 11.8. The molecule has 0 aliphatic rings. The van der Waals surface area contributed by atoms with E-state index in [4.69, 9.17) is 11.6 Å². The fourth-order valence-corrected chi connectivity index (χ4v) is 1.67. The van der Waals surface area contributed by atoms with Gasteiger partial charge < -0.3 is 0 Å². The number of rotatable bonds is 6. The molecule has 94 valence electrons. The van der Waals surface area contributed by atoms with Gasteiger partial charge in [-0.3, -0.25) is 4.79 Å². The molecule has 0 spiro atoms. The Labute approximate surface area is 108 Å². The zero-order chi connectivity index (χ0) is 12.7. The average Bonchev–Trinajstić information content (AvgIpc) is 2.35. The number of amides is 1. The molecule has 0 aliphatic heterocycles. The number of para-hydroxylation sites is 1. The second-order valence-corrected chi connectivity index (χ2v) is 4.18. The van der Waals surface area contributed by atoms with E-state index in [2.05, 4.69) is 12.3 Å². The van der Waals surface area contributed by atoms with Gasteiger partial charge in [0.05, 0.1) is 5.69 Å². The topological polar surface area (TPSA) is 32.3 Å². The number of carbonyl (C=O) groups is 1. The minimum Gasteiger partial charge on any atom is -0.272 e. The second kappa shape index (κ2) is 7.30. The molecule has 1 aromatic carbocycles. The van der Waals surface area contributed by atoms with Crippen LogP contribution in [0.5, 0.6) is 0 Å². The number of benzene rings is 1. The van der Waals surface area contributed by atoms with E-state index in [1.165, 1.54) is 0 Å². The van der Waals surface area contributed by atoms with Crippen LogP contribution in [0.3, 0.4) is 0 Å². The molecule has 0 radical (unpaired) electrons. The average molecular weight is 255 g/mol. The summed E-state index contributed by atoms with van der Waals surface area (Å²) in [6, 6.07) is 7.76. The lowest BCUT2D eigenvalue weighted by molar-refractivity contribution is -0.116. The number of hydrogen-bond donors (Lipinski definition) is 1. The van der Waals surface area contributed by atoms with Crippen molar-refractivity contribution in [3.63, 3.8) is 0 Å². The van der Waals surface area contributed by atoms with Crippen molar-refractivity contribution in [2.24, 2.45) is 0 Å². The zero-order valence-corrected chi connectivity index (χ0v) is 11.1. The fraction of sp³-hybridized carbons (Fsp3) is 0.462. The number of anilines is 1. The van der Waals surface area contributed by atoms with E-state index in [9.17, 15) is 4.79 Å². The first-order valence-electron chi connectivity index (χ1n) is 5.88. The van der Waals surface area contributed by atoms with Crippen LogP contribution in [-0.2, 0) is 4.79 Å². The first kappa shape index (κ1) is 14.0. The molecule has 0 bridgehead atoms. The Balaban J connectivity index is 2.82. The van der Waals surface area contributed by atoms with Crippen LogP contribution in [0.15, 0.2) is 24.3 Å².